The molecule has 0 spiro atoms. The standard InChI is InChI=1S/C18H20N2O3/c1-13-5-4-6-14(11-13)18(22)20(2)12-17(21)19-15-7-9-16(23-3)10-8-15/h4-11H,12H2,1-3H3,(H,19,21). The Labute approximate surface area is 135 Å². The number of nitrogens with zero attached hydrogens (tertiary/aromatic N) is 1. The van der Waals surface area contributed by atoms with Gasteiger partial charge >= 0.3 is 0 Å². The molecule has 0 aliphatic carbocycles. The summed E-state index contributed by atoms with van der Waals surface area (Å²) in [4.78, 5) is 25.7. The highest BCUT2D eigenvalue weighted by Crippen LogP contribution is 2.15. The van der Waals surface area contributed by atoms with Crippen LogP contribution in [-0.2, 0) is 4.79 Å². The number of carbonyl (C=O) groups excluding carboxylic acids is 2. The molecule has 0 radical (unpaired) electrons. The number of rotatable bonds is 5. The molecule has 5 nitrogen and oxygen atoms in total. The Bertz CT molecular complexity index is 696. The first-order valence-corrected chi connectivity index (χ1v) is 7.25. The lowest BCUT2D eigenvalue weighted by atomic mass is 10.1. The summed E-state index contributed by atoms with van der Waals surface area (Å²) in [6, 6.07) is 14.3. The van der Waals surface area contributed by atoms with Crippen molar-refractivity contribution in [2.75, 3.05) is 26.0 Å². The highest BCUT2D eigenvalue weighted by molar-refractivity contribution is 5.99. The number of benzene rings is 2. The Kier molecular flexibility index (Phi) is 5.36. The van der Waals surface area contributed by atoms with Crippen LogP contribution in [0.4, 0.5) is 5.69 Å². The molecule has 0 saturated heterocycles. The number of aryl methyl sites for hydroxylation is 1. The monoisotopic (exact) mass is 312 g/mol. The van der Waals surface area contributed by atoms with E-state index in [-0.39, 0.29) is 18.4 Å². The van der Waals surface area contributed by atoms with Gasteiger partial charge in [-0.25, -0.2) is 0 Å². The Morgan fingerprint density at radius 3 is 2.43 bits per heavy atom. The van der Waals surface area contributed by atoms with Gasteiger partial charge < -0.3 is 15.0 Å². The Morgan fingerprint density at radius 2 is 1.83 bits per heavy atom. The molecule has 2 amide bonds. The first-order valence-electron chi connectivity index (χ1n) is 7.25. The third kappa shape index (κ3) is 4.57. The highest BCUT2D eigenvalue weighted by atomic mass is 16.5. The lowest BCUT2D eigenvalue weighted by Crippen LogP contribution is -2.34. The molecule has 0 atom stereocenters. The molecule has 0 fully saturated rings. The quantitative estimate of drug-likeness (QED) is 0.923. The molecule has 0 heterocycles. The van der Waals surface area contributed by atoms with E-state index >= 15 is 0 Å². The number of likely N-dealkylation sites (N-methyl/N-ethyl adjacent to an activating group) is 1. The van der Waals surface area contributed by atoms with Crippen LogP contribution in [0.3, 0.4) is 0 Å². The van der Waals surface area contributed by atoms with E-state index in [2.05, 4.69) is 5.32 Å². The van der Waals surface area contributed by atoms with Crippen LogP contribution in [0.15, 0.2) is 48.5 Å². The maximum Gasteiger partial charge on any atom is 0.254 e. The summed E-state index contributed by atoms with van der Waals surface area (Å²) >= 11 is 0. The molecule has 0 saturated carbocycles. The number of anilines is 1. The predicted octanol–water partition coefficient (Wildman–Crippen LogP) is 2.71. The third-order valence-electron chi connectivity index (χ3n) is 3.37. The molecular weight excluding hydrogens is 292 g/mol. The van der Waals surface area contributed by atoms with Crippen LogP contribution < -0.4 is 10.1 Å². The zero-order chi connectivity index (χ0) is 16.8. The molecule has 5 heteroatoms. The summed E-state index contributed by atoms with van der Waals surface area (Å²) in [5, 5.41) is 2.75. The van der Waals surface area contributed by atoms with E-state index < -0.39 is 0 Å². The first-order chi connectivity index (χ1) is 11.0. The van der Waals surface area contributed by atoms with E-state index in [1.165, 1.54) is 4.90 Å². The SMILES string of the molecule is COc1ccc(NC(=O)CN(C)C(=O)c2cccc(C)c2)cc1. The molecular formula is C18H20N2O3. The van der Waals surface area contributed by atoms with Gasteiger partial charge in [-0.05, 0) is 43.3 Å². The van der Waals surface area contributed by atoms with E-state index in [0.29, 0.717) is 11.3 Å². The van der Waals surface area contributed by atoms with Gasteiger partial charge in [0.1, 0.15) is 5.75 Å². The van der Waals surface area contributed by atoms with Gasteiger partial charge in [0.05, 0.1) is 13.7 Å². The second-order valence-corrected chi connectivity index (χ2v) is 5.31. The van der Waals surface area contributed by atoms with Crippen LogP contribution >= 0.6 is 0 Å². The lowest BCUT2D eigenvalue weighted by Gasteiger charge is -2.17. The Balaban J connectivity index is 1.94. The maximum absolute atomic E-state index is 12.3. The topological polar surface area (TPSA) is 58.6 Å². The van der Waals surface area contributed by atoms with Crippen LogP contribution in [0, 0.1) is 6.92 Å². The van der Waals surface area contributed by atoms with E-state index in [4.69, 9.17) is 4.74 Å². The van der Waals surface area contributed by atoms with Crippen molar-refractivity contribution in [3.63, 3.8) is 0 Å². The Hall–Kier alpha value is -2.82. The van der Waals surface area contributed by atoms with Gasteiger partial charge in [0.15, 0.2) is 0 Å². The molecule has 2 aromatic carbocycles. The van der Waals surface area contributed by atoms with Gasteiger partial charge in [-0.3, -0.25) is 9.59 Å². The van der Waals surface area contributed by atoms with Gasteiger partial charge in [0, 0.05) is 18.3 Å². The zero-order valence-corrected chi connectivity index (χ0v) is 13.5. The normalized spacial score (nSPS) is 10.0. The van der Waals surface area contributed by atoms with Crippen molar-refractivity contribution in [1.29, 1.82) is 0 Å². The first kappa shape index (κ1) is 16.5. The minimum absolute atomic E-state index is 0.0151. The van der Waals surface area contributed by atoms with E-state index in [9.17, 15) is 9.59 Å². The van der Waals surface area contributed by atoms with Gasteiger partial charge in [0.25, 0.3) is 5.91 Å². The molecule has 0 bridgehead atoms. The number of nitrogens with one attached hydrogen (secondary N) is 1. The molecule has 0 unspecified atom stereocenters. The molecule has 2 aromatic rings. The van der Waals surface area contributed by atoms with Crippen LogP contribution in [0.5, 0.6) is 5.75 Å². The zero-order valence-electron chi connectivity index (χ0n) is 13.5. The Morgan fingerprint density at radius 1 is 1.13 bits per heavy atom. The fourth-order valence-electron chi connectivity index (χ4n) is 2.16. The second kappa shape index (κ2) is 7.45. The van der Waals surface area contributed by atoms with Crippen molar-refractivity contribution in [2.45, 2.75) is 6.92 Å². The van der Waals surface area contributed by atoms with Crippen LogP contribution in [0.1, 0.15) is 15.9 Å². The predicted molar refractivity (Wildman–Crippen MR) is 89.8 cm³/mol. The van der Waals surface area contributed by atoms with E-state index in [0.717, 1.165) is 11.3 Å². The minimum atomic E-state index is -0.251. The molecule has 1 N–H and O–H groups in total. The number of hydrogen-bond donors (Lipinski definition) is 1. The summed E-state index contributed by atoms with van der Waals surface area (Å²) < 4.78 is 5.06. The fraction of sp³-hybridized carbons (Fsp3) is 0.222. The fourth-order valence-corrected chi connectivity index (χ4v) is 2.16. The van der Waals surface area contributed by atoms with Crippen LogP contribution in [0.25, 0.3) is 0 Å². The van der Waals surface area contributed by atoms with Crippen LogP contribution in [-0.4, -0.2) is 37.4 Å². The van der Waals surface area contributed by atoms with Crippen molar-refractivity contribution in [1.82, 2.24) is 4.90 Å². The minimum Gasteiger partial charge on any atom is -0.497 e. The number of amides is 2. The number of carbonyl (C=O) groups is 2. The number of ether oxygens (including phenoxy) is 1. The molecule has 0 aliphatic heterocycles. The smallest absolute Gasteiger partial charge is 0.254 e. The molecule has 2 rings (SSSR count). The summed E-state index contributed by atoms with van der Waals surface area (Å²) in [5.41, 5.74) is 2.24. The van der Waals surface area contributed by atoms with Crippen LogP contribution in [0.2, 0.25) is 0 Å². The van der Waals surface area contributed by atoms with Gasteiger partial charge in [-0.1, -0.05) is 17.7 Å². The molecule has 23 heavy (non-hydrogen) atoms. The van der Waals surface area contributed by atoms with Crippen molar-refractivity contribution in [3.8, 4) is 5.75 Å². The van der Waals surface area contributed by atoms with E-state index in [1.807, 2.05) is 19.1 Å². The average Bonchev–Trinajstić information content (AvgIpc) is 2.54. The highest BCUT2D eigenvalue weighted by Gasteiger charge is 2.15. The summed E-state index contributed by atoms with van der Waals surface area (Å²) in [6.07, 6.45) is 0. The second-order valence-electron chi connectivity index (χ2n) is 5.31. The average molecular weight is 312 g/mol. The molecule has 0 aromatic heterocycles. The lowest BCUT2D eigenvalue weighted by molar-refractivity contribution is -0.116. The van der Waals surface area contributed by atoms with Crippen molar-refractivity contribution in [3.05, 3.63) is 59.7 Å². The molecule has 0 aliphatic rings. The molecule has 120 valence electrons. The number of hydrogen-bond acceptors (Lipinski definition) is 3. The van der Waals surface area contributed by atoms with Gasteiger partial charge in [0.2, 0.25) is 5.91 Å². The van der Waals surface area contributed by atoms with E-state index in [1.54, 1.807) is 50.6 Å². The summed E-state index contributed by atoms with van der Waals surface area (Å²) in [6.45, 7) is 1.91. The third-order valence-corrected chi connectivity index (χ3v) is 3.37. The largest absolute Gasteiger partial charge is 0.497 e. The number of methoxy groups -OCH3 is 1. The van der Waals surface area contributed by atoms with Gasteiger partial charge in [-0.15, -0.1) is 0 Å². The van der Waals surface area contributed by atoms with Crippen molar-refractivity contribution < 1.29 is 14.3 Å². The summed E-state index contributed by atoms with van der Waals surface area (Å²) in [7, 11) is 3.19. The van der Waals surface area contributed by atoms with Crippen molar-refractivity contribution in [2.24, 2.45) is 0 Å². The maximum atomic E-state index is 12.3. The van der Waals surface area contributed by atoms with Crippen molar-refractivity contribution >= 4 is 17.5 Å². The van der Waals surface area contributed by atoms with Gasteiger partial charge in [-0.2, -0.15) is 0 Å². The summed E-state index contributed by atoms with van der Waals surface area (Å²) in [5.74, 6) is 0.284.